The molecule has 0 amide bonds. The SMILES string of the molecule is Cc1ccccc1SCC(=O)OC(C)c1nc2ccccc2n1C(F)F. The fourth-order valence-electron chi connectivity index (χ4n) is 2.69. The summed E-state index contributed by atoms with van der Waals surface area (Å²) in [7, 11) is 0. The highest BCUT2D eigenvalue weighted by atomic mass is 32.2. The largest absolute Gasteiger partial charge is 0.454 e. The van der Waals surface area contributed by atoms with Crippen molar-refractivity contribution in [2.24, 2.45) is 0 Å². The molecule has 1 heterocycles. The zero-order chi connectivity index (χ0) is 18.7. The summed E-state index contributed by atoms with van der Waals surface area (Å²) in [5.74, 6) is -0.335. The number of fused-ring (bicyclic) bond motifs is 1. The second kappa shape index (κ2) is 7.86. The zero-order valence-corrected chi connectivity index (χ0v) is 15.2. The molecular formula is C19H18F2N2O2S. The van der Waals surface area contributed by atoms with E-state index >= 15 is 0 Å². The van der Waals surface area contributed by atoms with Crippen LogP contribution < -0.4 is 0 Å². The molecule has 0 fully saturated rings. The fraction of sp³-hybridized carbons (Fsp3) is 0.263. The number of nitrogens with zero attached hydrogens (tertiary/aromatic N) is 2. The second-order valence-corrected chi connectivity index (χ2v) is 6.81. The van der Waals surface area contributed by atoms with E-state index in [1.54, 1.807) is 31.2 Å². The topological polar surface area (TPSA) is 44.1 Å². The molecule has 1 aromatic heterocycles. The number of aromatic nitrogens is 2. The molecule has 26 heavy (non-hydrogen) atoms. The van der Waals surface area contributed by atoms with E-state index in [1.807, 2.05) is 31.2 Å². The molecule has 0 aliphatic carbocycles. The van der Waals surface area contributed by atoms with Crippen LogP contribution in [0.4, 0.5) is 8.78 Å². The molecule has 0 aliphatic heterocycles. The maximum atomic E-state index is 13.5. The van der Waals surface area contributed by atoms with Gasteiger partial charge in [-0.2, -0.15) is 8.78 Å². The van der Waals surface area contributed by atoms with Gasteiger partial charge >= 0.3 is 12.5 Å². The lowest BCUT2D eigenvalue weighted by molar-refractivity contribution is -0.146. The van der Waals surface area contributed by atoms with E-state index in [9.17, 15) is 13.6 Å². The first-order chi connectivity index (χ1) is 12.5. The maximum Gasteiger partial charge on any atom is 0.320 e. The van der Waals surface area contributed by atoms with Crippen LogP contribution in [-0.4, -0.2) is 21.3 Å². The van der Waals surface area contributed by atoms with Crippen LogP contribution in [0.1, 0.15) is 31.0 Å². The summed E-state index contributed by atoms with van der Waals surface area (Å²) in [5.41, 5.74) is 1.83. The summed E-state index contributed by atoms with van der Waals surface area (Å²) in [6.45, 7) is 0.748. The van der Waals surface area contributed by atoms with E-state index in [4.69, 9.17) is 4.74 Å². The summed E-state index contributed by atoms with van der Waals surface area (Å²) in [6.07, 6.45) is -0.874. The van der Waals surface area contributed by atoms with Gasteiger partial charge in [0.05, 0.1) is 16.8 Å². The molecule has 3 rings (SSSR count). The van der Waals surface area contributed by atoms with Crippen LogP contribution in [0.15, 0.2) is 53.4 Å². The molecule has 2 aromatic carbocycles. The van der Waals surface area contributed by atoms with Crippen LogP contribution in [0.3, 0.4) is 0 Å². The Hall–Kier alpha value is -2.41. The summed E-state index contributed by atoms with van der Waals surface area (Å²) in [4.78, 5) is 17.3. The van der Waals surface area contributed by atoms with Crippen molar-refractivity contribution >= 4 is 28.8 Å². The number of thioether (sulfide) groups is 1. The Morgan fingerprint density at radius 1 is 1.19 bits per heavy atom. The van der Waals surface area contributed by atoms with E-state index in [-0.39, 0.29) is 11.6 Å². The van der Waals surface area contributed by atoms with Crippen LogP contribution in [0.2, 0.25) is 0 Å². The smallest absolute Gasteiger partial charge is 0.320 e. The van der Waals surface area contributed by atoms with E-state index in [1.165, 1.54) is 11.8 Å². The molecule has 3 aromatic rings. The first-order valence-electron chi connectivity index (χ1n) is 8.10. The molecular weight excluding hydrogens is 358 g/mol. The Morgan fingerprint density at radius 3 is 2.62 bits per heavy atom. The van der Waals surface area contributed by atoms with Crippen molar-refractivity contribution in [3.8, 4) is 0 Å². The summed E-state index contributed by atoms with van der Waals surface area (Å²) < 4.78 is 33.1. The molecule has 4 nitrogen and oxygen atoms in total. The minimum atomic E-state index is -2.76. The number of halogens is 2. The van der Waals surface area contributed by atoms with Gasteiger partial charge in [-0.1, -0.05) is 30.3 Å². The average molecular weight is 376 g/mol. The van der Waals surface area contributed by atoms with E-state index in [2.05, 4.69) is 4.98 Å². The Labute approximate surface area is 154 Å². The highest BCUT2D eigenvalue weighted by Gasteiger charge is 2.24. The zero-order valence-electron chi connectivity index (χ0n) is 14.4. The number of rotatable bonds is 6. The van der Waals surface area contributed by atoms with Gasteiger partial charge in [0.15, 0.2) is 11.9 Å². The van der Waals surface area contributed by atoms with Gasteiger partial charge in [0, 0.05) is 4.90 Å². The number of alkyl halides is 2. The van der Waals surface area contributed by atoms with E-state index in [0.29, 0.717) is 11.0 Å². The molecule has 0 saturated carbocycles. The van der Waals surface area contributed by atoms with E-state index in [0.717, 1.165) is 15.0 Å². The molecule has 1 atom stereocenters. The van der Waals surface area contributed by atoms with Gasteiger partial charge in [-0.3, -0.25) is 9.36 Å². The molecule has 136 valence electrons. The monoisotopic (exact) mass is 376 g/mol. The van der Waals surface area contributed by atoms with Crippen molar-refractivity contribution in [3.63, 3.8) is 0 Å². The Morgan fingerprint density at radius 2 is 1.88 bits per heavy atom. The minimum Gasteiger partial charge on any atom is -0.454 e. The van der Waals surface area contributed by atoms with Gasteiger partial charge in [-0.05, 0) is 37.6 Å². The number of carbonyl (C=O) groups excluding carboxylic acids is 1. The van der Waals surface area contributed by atoms with Crippen LogP contribution in [0.5, 0.6) is 0 Å². The van der Waals surface area contributed by atoms with Crippen molar-refractivity contribution in [1.82, 2.24) is 9.55 Å². The quantitative estimate of drug-likeness (QED) is 0.442. The third-order valence-corrected chi connectivity index (χ3v) is 5.08. The van der Waals surface area contributed by atoms with Gasteiger partial charge < -0.3 is 4.74 Å². The van der Waals surface area contributed by atoms with Gasteiger partial charge in [0.25, 0.3) is 0 Å². The Balaban J connectivity index is 1.72. The number of ether oxygens (including phenoxy) is 1. The summed E-state index contributed by atoms with van der Waals surface area (Å²) in [6, 6.07) is 14.3. The lowest BCUT2D eigenvalue weighted by Gasteiger charge is -2.15. The summed E-state index contributed by atoms with van der Waals surface area (Å²) >= 11 is 1.36. The minimum absolute atomic E-state index is 0.0374. The number of esters is 1. The number of hydrogen-bond donors (Lipinski definition) is 0. The fourth-order valence-corrected chi connectivity index (χ4v) is 3.51. The lowest BCUT2D eigenvalue weighted by Crippen LogP contribution is -2.15. The molecule has 0 spiro atoms. The first-order valence-corrected chi connectivity index (χ1v) is 9.09. The van der Waals surface area contributed by atoms with Gasteiger partial charge in [0.2, 0.25) is 0 Å². The number of benzene rings is 2. The maximum absolute atomic E-state index is 13.5. The van der Waals surface area contributed by atoms with Gasteiger partial charge in [-0.25, -0.2) is 4.98 Å². The Kier molecular flexibility index (Phi) is 5.56. The predicted molar refractivity (Wildman–Crippen MR) is 97.4 cm³/mol. The lowest BCUT2D eigenvalue weighted by atomic mass is 10.2. The van der Waals surface area contributed by atoms with Crippen LogP contribution in [0.25, 0.3) is 11.0 Å². The number of carbonyl (C=O) groups is 1. The molecule has 7 heteroatoms. The number of imidazole rings is 1. The highest BCUT2D eigenvalue weighted by molar-refractivity contribution is 8.00. The molecule has 0 saturated heterocycles. The second-order valence-electron chi connectivity index (χ2n) is 5.79. The molecule has 0 N–H and O–H groups in total. The highest BCUT2D eigenvalue weighted by Crippen LogP contribution is 2.29. The predicted octanol–water partition coefficient (Wildman–Crippen LogP) is 5.14. The molecule has 0 bridgehead atoms. The van der Waals surface area contributed by atoms with Gasteiger partial charge in [-0.15, -0.1) is 11.8 Å². The first kappa shape index (κ1) is 18.4. The third-order valence-electron chi connectivity index (χ3n) is 3.93. The number of para-hydroxylation sites is 2. The van der Waals surface area contributed by atoms with Crippen molar-refractivity contribution in [1.29, 1.82) is 0 Å². The molecule has 0 radical (unpaired) electrons. The van der Waals surface area contributed by atoms with Crippen LogP contribution >= 0.6 is 11.8 Å². The van der Waals surface area contributed by atoms with Crippen molar-refractivity contribution in [2.75, 3.05) is 5.75 Å². The summed E-state index contributed by atoms with van der Waals surface area (Å²) in [5, 5.41) is 0. The Bertz CT molecular complexity index is 927. The van der Waals surface area contributed by atoms with E-state index < -0.39 is 18.6 Å². The van der Waals surface area contributed by atoms with Crippen LogP contribution in [0, 0.1) is 6.92 Å². The number of hydrogen-bond acceptors (Lipinski definition) is 4. The number of aryl methyl sites for hydroxylation is 1. The van der Waals surface area contributed by atoms with Crippen LogP contribution in [-0.2, 0) is 9.53 Å². The van der Waals surface area contributed by atoms with Crippen molar-refractivity contribution in [3.05, 3.63) is 59.9 Å². The third kappa shape index (κ3) is 3.88. The van der Waals surface area contributed by atoms with Crippen molar-refractivity contribution in [2.45, 2.75) is 31.4 Å². The normalized spacial score (nSPS) is 12.5. The average Bonchev–Trinajstić information content (AvgIpc) is 3.01. The van der Waals surface area contributed by atoms with Gasteiger partial charge in [0.1, 0.15) is 0 Å². The standard InChI is InChI=1S/C19H18F2N2O2S/c1-12-7-3-6-10-16(12)26-11-17(24)25-13(2)18-22-14-8-4-5-9-15(14)23(18)19(20)21/h3-10,13,19H,11H2,1-2H3. The molecule has 0 aliphatic rings. The molecule has 1 unspecified atom stereocenters. The van der Waals surface area contributed by atoms with Crippen molar-refractivity contribution < 1.29 is 18.3 Å².